The molecule has 0 spiro atoms. The van der Waals surface area contributed by atoms with E-state index in [0.29, 0.717) is 30.2 Å². The molecule has 0 radical (unpaired) electrons. The molecule has 24 heavy (non-hydrogen) atoms. The molecular formula is C17H19ClN4O2. The quantitative estimate of drug-likeness (QED) is 0.671. The van der Waals surface area contributed by atoms with Crippen LogP contribution in [0, 0.1) is 0 Å². The number of nitrogens with zero attached hydrogens (tertiary/aromatic N) is 1. The lowest BCUT2D eigenvalue weighted by Gasteiger charge is -2.09. The van der Waals surface area contributed by atoms with Crippen LogP contribution < -0.4 is 16.0 Å². The van der Waals surface area contributed by atoms with E-state index >= 15 is 0 Å². The van der Waals surface area contributed by atoms with Gasteiger partial charge in [-0.3, -0.25) is 9.78 Å². The van der Waals surface area contributed by atoms with E-state index < -0.39 is 0 Å². The molecule has 0 aliphatic rings. The summed E-state index contributed by atoms with van der Waals surface area (Å²) in [5.74, 6) is -0.202. The molecule has 1 aromatic heterocycles. The number of urea groups is 1. The molecule has 1 aromatic carbocycles. The van der Waals surface area contributed by atoms with Crippen LogP contribution in [0.1, 0.15) is 15.9 Å². The van der Waals surface area contributed by atoms with Crippen molar-refractivity contribution in [3.63, 3.8) is 0 Å². The summed E-state index contributed by atoms with van der Waals surface area (Å²) in [6, 6.07) is 10.2. The van der Waals surface area contributed by atoms with Crippen LogP contribution in [0.4, 0.5) is 4.79 Å². The van der Waals surface area contributed by atoms with Crippen LogP contribution in [-0.4, -0.2) is 36.6 Å². The van der Waals surface area contributed by atoms with Gasteiger partial charge in [-0.25, -0.2) is 4.79 Å². The Labute approximate surface area is 145 Å². The van der Waals surface area contributed by atoms with E-state index in [1.807, 2.05) is 12.1 Å². The van der Waals surface area contributed by atoms with Gasteiger partial charge >= 0.3 is 6.03 Å². The predicted octanol–water partition coefficient (Wildman–Crippen LogP) is 2.01. The Morgan fingerprint density at radius 1 is 0.875 bits per heavy atom. The molecule has 0 atom stereocenters. The lowest BCUT2D eigenvalue weighted by atomic mass is 10.2. The third kappa shape index (κ3) is 6.26. The highest BCUT2D eigenvalue weighted by molar-refractivity contribution is 6.30. The number of carbonyl (C=O) groups is 2. The first-order chi connectivity index (χ1) is 11.6. The molecule has 0 aliphatic heterocycles. The van der Waals surface area contributed by atoms with Gasteiger partial charge in [-0.05, 0) is 48.4 Å². The second-order valence-corrected chi connectivity index (χ2v) is 5.49. The molecule has 0 saturated heterocycles. The van der Waals surface area contributed by atoms with E-state index in [9.17, 15) is 9.59 Å². The highest BCUT2D eigenvalue weighted by Gasteiger charge is 2.05. The number of hydrogen-bond donors (Lipinski definition) is 3. The summed E-state index contributed by atoms with van der Waals surface area (Å²) in [6.07, 6.45) is 4.18. The number of benzene rings is 1. The minimum absolute atomic E-state index is 0.202. The third-order valence-electron chi connectivity index (χ3n) is 3.25. The number of amides is 3. The number of halogens is 1. The first-order valence-electron chi connectivity index (χ1n) is 7.59. The summed E-state index contributed by atoms with van der Waals surface area (Å²) >= 11 is 5.77. The van der Waals surface area contributed by atoms with Crippen LogP contribution in [0.25, 0.3) is 0 Å². The molecule has 7 heteroatoms. The zero-order valence-electron chi connectivity index (χ0n) is 13.1. The molecule has 2 rings (SSSR count). The summed E-state index contributed by atoms with van der Waals surface area (Å²) in [7, 11) is 0. The second-order valence-electron chi connectivity index (χ2n) is 5.05. The fraction of sp³-hybridized carbons (Fsp3) is 0.235. The Morgan fingerprint density at radius 3 is 2.21 bits per heavy atom. The van der Waals surface area contributed by atoms with Crippen LogP contribution in [-0.2, 0) is 6.42 Å². The Hall–Kier alpha value is -2.60. The van der Waals surface area contributed by atoms with Gasteiger partial charge in [-0.2, -0.15) is 0 Å². The second kappa shape index (κ2) is 9.52. The number of hydrogen-bond acceptors (Lipinski definition) is 3. The summed E-state index contributed by atoms with van der Waals surface area (Å²) in [6.45, 7) is 1.23. The third-order valence-corrected chi connectivity index (χ3v) is 3.50. The van der Waals surface area contributed by atoms with Crippen LogP contribution in [0.5, 0.6) is 0 Å². The van der Waals surface area contributed by atoms with E-state index in [0.717, 1.165) is 12.0 Å². The molecule has 0 saturated carbocycles. The minimum atomic E-state index is -0.259. The summed E-state index contributed by atoms with van der Waals surface area (Å²) < 4.78 is 0. The number of pyridine rings is 1. The van der Waals surface area contributed by atoms with Crippen molar-refractivity contribution in [3.05, 3.63) is 64.9 Å². The number of nitrogens with one attached hydrogen (secondary N) is 3. The largest absolute Gasteiger partial charge is 0.350 e. The lowest BCUT2D eigenvalue weighted by molar-refractivity contribution is 0.0954. The smallest absolute Gasteiger partial charge is 0.314 e. The number of aromatic nitrogens is 1. The first kappa shape index (κ1) is 17.7. The fourth-order valence-corrected chi connectivity index (χ4v) is 2.11. The van der Waals surface area contributed by atoms with Crippen LogP contribution in [0.15, 0.2) is 48.8 Å². The van der Waals surface area contributed by atoms with Gasteiger partial charge < -0.3 is 16.0 Å². The summed E-state index contributed by atoms with van der Waals surface area (Å²) in [5.41, 5.74) is 1.64. The van der Waals surface area contributed by atoms with Crippen molar-refractivity contribution < 1.29 is 9.59 Å². The Bertz CT molecular complexity index is 662. The molecular weight excluding hydrogens is 328 g/mol. The maximum atomic E-state index is 11.8. The fourth-order valence-electron chi connectivity index (χ4n) is 1.99. The van der Waals surface area contributed by atoms with E-state index in [1.165, 1.54) is 0 Å². The van der Waals surface area contributed by atoms with Gasteiger partial charge in [0, 0.05) is 42.6 Å². The van der Waals surface area contributed by atoms with Gasteiger partial charge in [0.2, 0.25) is 0 Å². The summed E-state index contributed by atoms with van der Waals surface area (Å²) in [5, 5.41) is 8.75. The molecule has 3 amide bonds. The molecule has 0 unspecified atom stereocenters. The Balaban J connectivity index is 1.57. The van der Waals surface area contributed by atoms with Crippen molar-refractivity contribution in [3.8, 4) is 0 Å². The molecule has 0 bridgehead atoms. The van der Waals surface area contributed by atoms with Crippen molar-refractivity contribution in [2.45, 2.75) is 6.42 Å². The molecule has 3 N–H and O–H groups in total. The van der Waals surface area contributed by atoms with E-state index in [4.69, 9.17) is 11.6 Å². The van der Waals surface area contributed by atoms with E-state index in [2.05, 4.69) is 20.9 Å². The Morgan fingerprint density at radius 2 is 1.50 bits per heavy atom. The minimum Gasteiger partial charge on any atom is -0.350 e. The highest BCUT2D eigenvalue weighted by Crippen LogP contribution is 2.09. The zero-order valence-corrected chi connectivity index (χ0v) is 13.8. The average Bonchev–Trinajstić information content (AvgIpc) is 2.60. The van der Waals surface area contributed by atoms with Gasteiger partial charge in [0.15, 0.2) is 0 Å². The van der Waals surface area contributed by atoms with Gasteiger partial charge in [0.05, 0.1) is 0 Å². The molecule has 1 heterocycles. The highest BCUT2D eigenvalue weighted by atomic mass is 35.5. The van der Waals surface area contributed by atoms with Crippen LogP contribution >= 0.6 is 11.6 Å². The van der Waals surface area contributed by atoms with Crippen molar-refractivity contribution in [2.24, 2.45) is 0 Å². The predicted molar refractivity (Wildman–Crippen MR) is 93.1 cm³/mol. The van der Waals surface area contributed by atoms with Crippen molar-refractivity contribution in [2.75, 3.05) is 19.6 Å². The average molecular weight is 347 g/mol. The standard InChI is InChI=1S/C17H19ClN4O2/c18-15-3-1-14(2-4-15)16(23)20-11-12-22-17(24)21-10-7-13-5-8-19-9-6-13/h1-6,8-9H,7,10-12H2,(H,20,23)(H2,21,22,24). The molecule has 2 aromatic rings. The first-order valence-corrected chi connectivity index (χ1v) is 7.97. The number of carbonyl (C=O) groups excluding carboxylic acids is 2. The molecule has 0 fully saturated rings. The normalized spacial score (nSPS) is 10.0. The van der Waals surface area contributed by atoms with Gasteiger partial charge in [-0.1, -0.05) is 11.6 Å². The van der Waals surface area contributed by atoms with Crippen molar-refractivity contribution >= 4 is 23.5 Å². The molecule has 126 valence electrons. The maximum absolute atomic E-state index is 11.8. The van der Waals surface area contributed by atoms with E-state index in [-0.39, 0.29) is 11.9 Å². The monoisotopic (exact) mass is 346 g/mol. The van der Waals surface area contributed by atoms with Gasteiger partial charge in [0.25, 0.3) is 5.91 Å². The van der Waals surface area contributed by atoms with Crippen LogP contribution in [0.3, 0.4) is 0 Å². The van der Waals surface area contributed by atoms with E-state index in [1.54, 1.807) is 36.7 Å². The SMILES string of the molecule is O=C(NCCNC(=O)c1ccc(Cl)cc1)NCCc1ccncc1. The topological polar surface area (TPSA) is 83.1 Å². The van der Waals surface area contributed by atoms with Crippen LogP contribution in [0.2, 0.25) is 5.02 Å². The van der Waals surface area contributed by atoms with Crippen molar-refractivity contribution in [1.82, 2.24) is 20.9 Å². The zero-order chi connectivity index (χ0) is 17.2. The van der Waals surface area contributed by atoms with Crippen molar-refractivity contribution in [1.29, 1.82) is 0 Å². The van der Waals surface area contributed by atoms with Gasteiger partial charge in [0.1, 0.15) is 0 Å². The molecule has 6 nitrogen and oxygen atoms in total. The molecule has 0 aliphatic carbocycles. The maximum Gasteiger partial charge on any atom is 0.314 e. The lowest BCUT2D eigenvalue weighted by Crippen LogP contribution is -2.40. The number of rotatable bonds is 7. The van der Waals surface area contributed by atoms with Gasteiger partial charge in [-0.15, -0.1) is 0 Å². The summed E-state index contributed by atoms with van der Waals surface area (Å²) in [4.78, 5) is 27.4. The Kier molecular flexibility index (Phi) is 7.04.